The van der Waals surface area contributed by atoms with Crippen molar-refractivity contribution in [2.45, 2.75) is 58.8 Å². The van der Waals surface area contributed by atoms with E-state index in [4.69, 9.17) is 9.47 Å². The third-order valence-corrected chi connectivity index (χ3v) is 6.64. The second-order valence-corrected chi connectivity index (χ2v) is 9.78. The van der Waals surface area contributed by atoms with Gasteiger partial charge in [0.2, 0.25) is 5.78 Å². The number of anilines is 2. The maximum absolute atomic E-state index is 13.2. The Morgan fingerprint density at radius 1 is 0.800 bits per heavy atom. The summed E-state index contributed by atoms with van der Waals surface area (Å²) in [7, 11) is 0. The van der Waals surface area contributed by atoms with Crippen LogP contribution in [-0.4, -0.2) is 40.7 Å². The molecule has 0 fully saturated rings. The van der Waals surface area contributed by atoms with Crippen LogP contribution in [0.4, 0.5) is 17.1 Å². The number of carbonyl (C=O) groups excluding carboxylic acids is 2. The second kappa shape index (κ2) is 13.6. The molecule has 0 amide bonds. The Morgan fingerprint density at radius 2 is 1.38 bits per heavy atom. The van der Waals surface area contributed by atoms with Gasteiger partial charge in [-0.15, -0.1) is 0 Å². The highest BCUT2D eigenvalue weighted by Gasteiger charge is 2.35. The van der Waals surface area contributed by atoms with Gasteiger partial charge in [0.05, 0.1) is 47.8 Å². The molecule has 0 spiro atoms. The number of fused-ring (bicyclic) bond motifs is 1. The average Bonchev–Trinajstić information content (AvgIpc) is 2.95. The van der Waals surface area contributed by atoms with Crippen molar-refractivity contribution in [3.05, 3.63) is 65.7 Å². The van der Waals surface area contributed by atoms with Crippen molar-refractivity contribution in [1.82, 2.24) is 0 Å². The summed E-state index contributed by atoms with van der Waals surface area (Å²) in [4.78, 5) is 30.7. The monoisotopic (exact) mass is 544 g/mol. The van der Waals surface area contributed by atoms with E-state index in [-0.39, 0.29) is 28.9 Å². The number of ketones is 2. The van der Waals surface area contributed by atoms with Crippen molar-refractivity contribution in [3.63, 3.8) is 0 Å². The Kier molecular flexibility index (Phi) is 9.78. The molecule has 1 aliphatic rings. The average molecular weight is 545 g/mol. The number of phenolic OH excluding ortho intramolecular Hbond substituents is 2. The van der Waals surface area contributed by atoms with Crippen LogP contribution in [0.2, 0.25) is 0 Å². The third kappa shape index (κ3) is 7.00. The molecule has 1 aliphatic carbocycles. The van der Waals surface area contributed by atoms with E-state index in [1.165, 1.54) is 6.07 Å². The molecule has 0 unspecified atom stereocenters. The summed E-state index contributed by atoms with van der Waals surface area (Å²) in [5.41, 5.74) is 0.761. The number of carbonyl (C=O) groups is 2. The lowest BCUT2D eigenvalue weighted by Crippen LogP contribution is -2.27. The summed E-state index contributed by atoms with van der Waals surface area (Å²) in [5, 5.41) is 24.7. The molecule has 4 rings (SSSR count). The summed E-state index contributed by atoms with van der Waals surface area (Å²) in [6.07, 6.45) is 6.12. The number of aliphatic imine (C=N–C) groups is 1. The second-order valence-electron chi connectivity index (χ2n) is 9.78. The van der Waals surface area contributed by atoms with Crippen LogP contribution in [0.3, 0.4) is 0 Å². The molecule has 0 saturated carbocycles. The molecule has 8 nitrogen and oxygen atoms in total. The van der Waals surface area contributed by atoms with E-state index in [2.05, 4.69) is 24.2 Å². The molecule has 210 valence electrons. The van der Waals surface area contributed by atoms with Crippen LogP contribution in [0.1, 0.15) is 79.5 Å². The number of Topliss-reactive ketones (excluding diaryl/α,β-unsaturated/α-hetero) is 2. The summed E-state index contributed by atoms with van der Waals surface area (Å²) in [6.45, 7) is 5.53. The molecular formula is C32H36N2O6. The maximum atomic E-state index is 13.2. The topological polar surface area (TPSA) is 117 Å². The highest BCUT2D eigenvalue weighted by atomic mass is 16.5. The van der Waals surface area contributed by atoms with Crippen molar-refractivity contribution in [2.75, 3.05) is 18.5 Å². The van der Waals surface area contributed by atoms with Gasteiger partial charge in [0.15, 0.2) is 11.5 Å². The highest BCUT2D eigenvalue weighted by Crippen LogP contribution is 2.41. The first-order valence-corrected chi connectivity index (χ1v) is 13.9. The zero-order valence-electron chi connectivity index (χ0n) is 23.0. The van der Waals surface area contributed by atoms with Crippen molar-refractivity contribution < 1.29 is 29.3 Å². The zero-order chi connectivity index (χ0) is 28.5. The van der Waals surface area contributed by atoms with Gasteiger partial charge < -0.3 is 25.0 Å². The first kappa shape index (κ1) is 28.7. The Morgan fingerprint density at radius 3 is 1.95 bits per heavy atom. The van der Waals surface area contributed by atoms with Crippen LogP contribution in [0, 0.1) is 0 Å². The minimum atomic E-state index is -0.599. The molecule has 8 heteroatoms. The summed E-state index contributed by atoms with van der Waals surface area (Å²) in [5.74, 6) is -0.480. The quantitative estimate of drug-likeness (QED) is 0.116. The molecule has 3 aromatic rings. The van der Waals surface area contributed by atoms with Gasteiger partial charge in [-0.25, -0.2) is 4.99 Å². The lowest BCUT2D eigenvalue weighted by molar-refractivity contribution is 0.0960. The van der Waals surface area contributed by atoms with Crippen molar-refractivity contribution in [2.24, 2.45) is 4.99 Å². The molecule has 0 radical (unpaired) electrons. The van der Waals surface area contributed by atoms with Crippen LogP contribution >= 0.6 is 0 Å². The highest BCUT2D eigenvalue weighted by molar-refractivity contribution is 6.54. The van der Waals surface area contributed by atoms with Gasteiger partial charge >= 0.3 is 0 Å². The molecule has 0 heterocycles. The van der Waals surface area contributed by atoms with Gasteiger partial charge in [-0.1, -0.05) is 39.5 Å². The largest absolute Gasteiger partial charge is 0.507 e. The van der Waals surface area contributed by atoms with E-state index in [1.54, 1.807) is 48.5 Å². The molecular weight excluding hydrogens is 508 g/mol. The number of nitrogens with one attached hydrogen (secondary N) is 1. The molecule has 0 saturated heterocycles. The minimum absolute atomic E-state index is 0.000881. The van der Waals surface area contributed by atoms with Gasteiger partial charge in [-0.3, -0.25) is 9.59 Å². The molecule has 0 aliphatic heterocycles. The molecule has 3 N–H and O–H groups in total. The van der Waals surface area contributed by atoms with E-state index in [9.17, 15) is 19.8 Å². The Hall–Kier alpha value is -4.33. The van der Waals surface area contributed by atoms with Crippen LogP contribution in [0.25, 0.3) is 0 Å². The minimum Gasteiger partial charge on any atom is -0.507 e. The molecule has 3 aromatic carbocycles. The molecule has 40 heavy (non-hydrogen) atoms. The predicted octanol–water partition coefficient (Wildman–Crippen LogP) is 7.52. The Bertz CT molecular complexity index is 1360. The SMILES string of the molecule is CCCCCOc1ccc(N=C2CC(=O)c3c(O)c(Nc4ccc(OCCCCC)cc4)cc(O)c3C2=O)cc1. The van der Waals surface area contributed by atoms with Gasteiger partial charge in [0, 0.05) is 11.8 Å². The smallest absolute Gasteiger partial charge is 0.212 e. The van der Waals surface area contributed by atoms with Crippen LogP contribution in [0.15, 0.2) is 59.6 Å². The molecule has 0 bridgehead atoms. The van der Waals surface area contributed by atoms with Crippen molar-refractivity contribution in [1.29, 1.82) is 0 Å². The number of hydrogen-bond donors (Lipinski definition) is 3. The molecule has 0 atom stereocenters. The van der Waals surface area contributed by atoms with Crippen molar-refractivity contribution in [3.8, 4) is 23.0 Å². The van der Waals surface area contributed by atoms with Crippen molar-refractivity contribution >= 4 is 34.3 Å². The van der Waals surface area contributed by atoms with E-state index in [1.807, 2.05) is 0 Å². The number of benzene rings is 3. The van der Waals surface area contributed by atoms with Gasteiger partial charge in [0.25, 0.3) is 0 Å². The Labute approximate surface area is 234 Å². The lowest BCUT2D eigenvalue weighted by Gasteiger charge is -2.20. The fourth-order valence-electron chi connectivity index (χ4n) is 4.46. The summed E-state index contributed by atoms with van der Waals surface area (Å²) in [6, 6.07) is 15.3. The van der Waals surface area contributed by atoms with Crippen LogP contribution in [-0.2, 0) is 0 Å². The normalized spacial score (nSPS) is 13.8. The Balaban J connectivity index is 1.49. The van der Waals surface area contributed by atoms with Gasteiger partial charge in [-0.2, -0.15) is 0 Å². The van der Waals surface area contributed by atoms with E-state index in [0.717, 1.165) is 44.3 Å². The number of rotatable bonds is 13. The number of hydrogen-bond acceptors (Lipinski definition) is 8. The first-order valence-electron chi connectivity index (χ1n) is 13.9. The number of phenols is 2. The number of ether oxygens (including phenoxy) is 2. The summed E-state index contributed by atoms with van der Waals surface area (Å²) >= 11 is 0. The fourth-order valence-corrected chi connectivity index (χ4v) is 4.46. The number of nitrogens with zero attached hydrogens (tertiary/aromatic N) is 1. The standard InChI is InChI=1S/C32H36N2O6/c1-3-5-7-17-39-23-13-9-21(10-14-23)33-25-19-27(35)30-29(31(25)37)28(36)20-26(32(30)38)34-22-11-15-24(16-12-22)40-18-8-6-4-2/h9-16,19,33,35,37H,3-8,17-18,20H2,1-2H3. The third-order valence-electron chi connectivity index (χ3n) is 6.64. The van der Waals surface area contributed by atoms with E-state index in [0.29, 0.717) is 30.3 Å². The van der Waals surface area contributed by atoms with Gasteiger partial charge in [-0.05, 0) is 61.4 Å². The maximum Gasteiger partial charge on any atom is 0.212 e. The summed E-state index contributed by atoms with van der Waals surface area (Å²) < 4.78 is 11.4. The fraction of sp³-hybridized carbons (Fsp3) is 0.344. The predicted molar refractivity (Wildman–Crippen MR) is 156 cm³/mol. The number of aromatic hydroxyl groups is 2. The first-order chi connectivity index (χ1) is 19.4. The number of unbranched alkanes of at least 4 members (excludes halogenated alkanes) is 4. The van der Waals surface area contributed by atoms with Gasteiger partial charge in [0.1, 0.15) is 17.2 Å². The zero-order valence-corrected chi connectivity index (χ0v) is 23.0. The van der Waals surface area contributed by atoms with Crippen LogP contribution < -0.4 is 14.8 Å². The van der Waals surface area contributed by atoms with Crippen LogP contribution in [0.5, 0.6) is 23.0 Å². The van der Waals surface area contributed by atoms with E-state index < -0.39 is 23.1 Å². The lowest BCUT2D eigenvalue weighted by atomic mass is 9.86. The van der Waals surface area contributed by atoms with E-state index >= 15 is 0 Å². The molecule has 0 aromatic heterocycles.